The summed E-state index contributed by atoms with van der Waals surface area (Å²) in [7, 11) is -3.41. The van der Waals surface area contributed by atoms with Crippen molar-refractivity contribution in [1.82, 2.24) is 0 Å². The number of hydrogen-bond acceptors (Lipinski definition) is 22. The van der Waals surface area contributed by atoms with Gasteiger partial charge in [0.05, 0.1) is 79.3 Å². The Balaban J connectivity index is 0.909. The number of nitrogens with zero attached hydrogens (tertiary/aromatic N) is 3. The minimum atomic E-state index is -3.41. The Morgan fingerprint density at radius 1 is 0.306 bits per heavy atom. The minimum absolute atomic E-state index is 0.0000490. The van der Waals surface area contributed by atoms with Gasteiger partial charge in [-0.05, 0) is 74.0 Å². The van der Waals surface area contributed by atoms with Gasteiger partial charge in [-0.3, -0.25) is 9.59 Å². The van der Waals surface area contributed by atoms with Gasteiger partial charge in [0.2, 0.25) is 0 Å². The third-order valence-corrected chi connectivity index (χ3v) is 27.0. The highest BCUT2D eigenvalue weighted by atomic mass is 31.1. The van der Waals surface area contributed by atoms with Crippen molar-refractivity contribution in [2.45, 2.75) is 338 Å². The summed E-state index contributed by atoms with van der Waals surface area (Å²) in [4.78, 5) is 31.8. The zero-order chi connectivity index (χ0) is 99.7. The van der Waals surface area contributed by atoms with Crippen LogP contribution in [-0.2, 0) is 165 Å². The second-order valence-electron chi connectivity index (χ2n) is 37.5. The number of hydrogen-bond donors (Lipinski definition) is 0. The van der Waals surface area contributed by atoms with Gasteiger partial charge in [0.1, 0.15) is 92.5 Å². The fourth-order valence-corrected chi connectivity index (χ4v) is 19.2. The molecular weight excluding hydrogens is 1840 g/mol. The fourth-order valence-electron chi connectivity index (χ4n) is 18.5. The van der Waals surface area contributed by atoms with Gasteiger partial charge in [-0.1, -0.05) is 451 Å². The van der Waals surface area contributed by atoms with Crippen molar-refractivity contribution in [3.8, 4) is 0 Å². The van der Waals surface area contributed by atoms with Crippen LogP contribution in [0.5, 0.6) is 0 Å². The van der Waals surface area contributed by atoms with Crippen molar-refractivity contribution in [2.24, 2.45) is 5.11 Å². The number of unbranched alkanes of at least 4 members (excludes halogenated alkanes) is 20. The molecule has 0 aromatic heterocycles. The summed E-state index contributed by atoms with van der Waals surface area (Å²) in [6, 6.07) is 95.7. The van der Waals surface area contributed by atoms with E-state index >= 15 is 4.57 Å². The van der Waals surface area contributed by atoms with E-state index in [1.54, 1.807) is 0 Å². The standard InChI is InChI=1S/C119H149N3O21P/c1-3-5-7-9-11-13-15-17-19-21-53-75-104(123)128-87-101(138-105(124)76-54-22-20-18-16-14-12-10-8-6-4-2)88-137-144(125)143-116-114(135-85-99-71-49-31-50-72-99)112(133-83-97-67-45-29-46-68-97)111(132-82-96-65-43-28-44-66-96)113(134-84-98-69-47-30-48-70-98)115(116)142-118-106(121-122-120)109(130-80-94-61-39-26-40-62-94)108(103(139-118)90-127-78-92-57-35-24-36-58-92)141-119-117(136-86-100-73-51-32-52-74-100)110(131-81-95-63-41-27-42-64-95)107(129-79-93-59-37-25-38-60-93)102(140-119)89-126-77-91-55-33-23-34-56-91/h23-52,55-74,101-103,106-119H,3-22,53-54,75-90H2,1-2H3/q+1/t101-,102-,103-,106-,107-,108-,109-,110+,111-,112-,113+,114-,115-,116-,117+,118-,119-/m1/s1. The molecule has 1 aliphatic carbocycles. The molecule has 2 saturated heterocycles. The molecule has 0 radical (unpaired) electrons. The van der Waals surface area contributed by atoms with Gasteiger partial charge in [0, 0.05) is 22.3 Å². The first-order valence-corrected chi connectivity index (χ1v) is 53.5. The first kappa shape index (κ1) is 111. The molecule has 0 spiro atoms. The van der Waals surface area contributed by atoms with Gasteiger partial charge in [-0.15, -0.1) is 9.05 Å². The maximum Gasteiger partial charge on any atom is 0.698 e. The molecule has 2 heterocycles. The van der Waals surface area contributed by atoms with Crippen molar-refractivity contribution in [1.29, 1.82) is 0 Å². The van der Waals surface area contributed by atoms with E-state index in [1.165, 1.54) is 77.0 Å². The summed E-state index contributed by atoms with van der Waals surface area (Å²) < 4.78 is 146. The Hall–Kier alpha value is -10.1. The van der Waals surface area contributed by atoms with Gasteiger partial charge >= 0.3 is 20.2 Å². The van der Waals surface area contributed by atoms with Crippen LogP contribution in [0.3, 0.4) is 0 Å². The number of esters is 2. The Kier molecular flexibility index (Phi) is 50.5. The van der Waals surface area contributed by atoms with Crippen LogP contribution in [0.1, 0.15) is 224 Å². The van der Waals surface area contributed by atoms with E-state index in [0.717, 1.165) is 107 Å². The van der Waals surface area contributed by atoms with E-state index in [1.807, 2.05) is 303 Å². The Labute approximate surface area is 853 Å². The normalized spacial score (nSPS) is 21.9. The number of benzene rings is 10. The van der Waals surface area contributed by atoms with E-state index in [2.05, 4.69) is 18.8 Å². The number of ether oxygens (including phenoxy) is 16. The molecule has 3 aliphatic rings. The molecule has 13 rings (SSSR count). The maximum atomic E-state index is 16.1. The predicted molar refractivity (Wildman–Crippen MR) is 554 cm³/mol. The third-order valence-electron chi connectivity index (χ3n) is 26.3. The highest BCUT2D eigenvalue weighted by molar-refractivity contribution is 7.33. The molecule has 10 aromatic carbocycles. The molecule has 24 nitrogen and oxygen atoms in total. The molecule has 3 fully saturated rings. The predicted octanol–water partition coefficient (Wildman–Crippen LogP) is 25.9. The lowest BCUT2D eigenvalue weighted by Crippen LogP contribution is -2.69. The van der Waals surface area contributed by atoms with E-state index in [9.17, 15) is 15.1 Å². The summed E-state index contributed by atoms with van der Waals surface area (Å²) in [5.74, 6) is -0.990. The van der Waals surface area contributed by atoms with E-state index < -0.39 is 137 Å². The number of carbonyl (C=O) groups excluding carboxylic acids is 2. The van der Waals surface area contributed by atoms with E-state index in [-0.39, 0.29) is 92.1 Å². The van der Waals surface area contributed by atoms with Gasteiger partial charge in [0.25, 0.3) is 0 Å². The molecule has 0 amide bonds. The summed E-state index contributed by atoms with van der Waals surface area (Å²) in [6.07, 6.45) is 3.71. The average Bonchev–Trinajstić information content (AvgIpc) is 0.756. The number of rotatable bonds is 69. The van der Waals surface area contributed by atoms with Crippen LogP contribution < -0.4 is 0 Å². The van der Waals surface area contributed by atoms with Crippen LogP contribution >= 0.6 is 8.25 Å². The monoisotopic (exact) mass is 1990 g/mol. The van der Waals surface area contributed by atoms with Crippen LogP contribution in [0, 0.1) is 0 Å². The summed E-state index contributed by atoms with van der Waals surface area (Å²) in [6.45, 7) is 3.64. The SMILES string of the molecule is CCCCCCCCCCCCCC(=O)OC[C@H](CO[P+](=O)O[C@@H]1[C@H](OCc2ccccc2)[C@H](OCc2ccccc2)[C@@H](OCc2ccccc2)[C@H](OCc2ccccc2)[C@H]1O[C@H]1O[C@H](COCc2ccccc2)[C@@H](O[C@H]2O[C@H](COCc3ccccc3)[C@@H](OCc3ccccc3)[C@H](OCc3ccccc3)[C@@H]2OCc2ccccc2)[C@H](OCc2ccccc2)[C@H]1N=[N+]=[N-])OC(=O)CCCCCCCCCCCCC. The fraction of sp³-hybridized carbons (Fsp3) is 0.479. The minimum Gasteiger partial charge on any atom is -0.462 e. The van der Waals surface area contributed by atoms with Crippen molar-refractivity contribution in [3.63, 3.8) is 0 Å². The van der Waals surface area contributed by atoms with Gasteiger partial charge < -0.3 is 75.8 Å². The zero-order valence-electron chi connectivity index (χ0n) is 83.9. The number of azide groups is 1. The van der Waals surface area contributed by atoms with Crippen molar-refractivity contribution < 1.29 is 99.0 Å². The molecular formula is C119H149N3O21P+. The zero-order valence-corrected chi connectivity index (χ0v) is 84.8. The first-order chi connectivity index (χ1) is 71.1. The van der Waals surface area contributed by atoms with E-state index in [0.29, 0.717) is 12.8 Å². The lowest BCUT2D eigenvalue weighted by molar-refractivity contribution is -0.373. The Bertz CT molecular complexity index is 5140. The molecule has 18 atom stereocenters. The molecule has 770 valence electrons. The molecule has 1 unspecified atom stereocenters. The smallest absolute Gasteiger partial charge is 0.462 e. The largest absolute Gasteiger partial charge is 0.698 e. The Morgan fingerprint density at radius 2 is 0.576 bits per heavy atom. The third kappa shape index (κ3) is 39.0. The van der Waals surface area contributed by atoms with Gasteiger partial charge in [0.15, 0.2) is 24.8 Å². The molecule has 10 aromatic rings. The van der Waals surface area contributed by atoms with Gasteiger partial charge in [-0.2, -0.15) is 0 Å². The van der Waals surface area contributed by atoms with Crippen molar-refractivity contribution >= 4 is 20.2 Å². The van der Waals surface area contributed by atoms with Crippen LogP contribution in [0.25, 0.3) is 10.4 Å². The highest BCUT2D eigenvalue weighted by Gasteiger charge is 2.62. The van der Waals surface area contributed by atoms with Crippen molar-refractivity contribution in [2.75, 3.05) is 26.4 Å². The Morgan fingerprint density at radius 3 is 0.924 bits per heavy atom. The van der Waals surface area contributed by atoms with Crippen LogP contribution in [0.2, 0.25) is 0 Å². The first-order valence-electron chi connectivity index (χ1n) is 52.4. The highest BCUT2D eigenvalue weighted by Crippen LogP contribution is 2.45. The summed E-state index contributed by atoms with van der Waals surface area (Å²) in [5, 5.41) is 4.74. The molecule has 25 heteroatoms. The molecule has 2 aliphatic heterocycles. The van der Waals surface area contributed by atoms with Crippen LogP contribution in [-0.4, -0.2) is 142 Å². The molecule has 144 heavy (non-hydrogen) atoms. The molecule has 0 bridgehead atoms. The lowest BCUT2D eigenvalue weighted by Gasteiger charge is -2.52. The molecule has 1 saturated carbocycles. The number of carbonyl (C=O) groups is 2. The van der Waals surface area contributed by atoms with Crippen LogP contribution in [0.4, 0.5) is 0 Å². The van der Waals surface area contributed by atoms with E-state index in [4.69, 9.17) is 90.0 Å². The average molecular weight is 1990 g/mol. The topological polar surface area (TPSA) is 266 Å². The quantitative estimate of drug-likeness (QED) is 0.00856. The second-order valence-corrected chi connectivity index (χ2v) is 38.4. The second kappa shape index (κ2) is 65.5. The maximum absolute atomic E-state index is 16.1. The van der Waals surface area contributed by atoms with Crippen molar-refractivity contribution in [3.05, 3.63) is 369 Å². The van der Waals surface area contributed by atoms with Gasteiger partial charge in [-0.25, -0.2) is 0 Å². The van der Waals surface area contributed by atoms with Crippen LogP contribution in [0.15, 0.2) is 308 Å². The summed E-state index contributed by atoms with van der Waals surface area (Å²) >= 11 is 0. The lowest BCUT2D eigenvalue weighted by atomic mass is 9.83. The summed E-state index contributed by atoms with van der Waals surface area (Å²) in [5.41, 5.74) is 19.8. The molecule has 0 N–H and O–H groups in total.